The van der Waals surface area contributed by atoms with E-state index in [0.29, 0.717) is 23.2 Å². The van der Waals surface area contributed by atoms with Crippen molar-refractivity contribution in [1.29, 1.82) is 0 Å². The van der Waals surface area contributed by atoms with Crippen molar-refractivity contribution in [3.63, 3.8) is 0 Å². The smallest absolute Gasteiger partial charge is 0.138 e. The van der Waals surface area contributed by atoms with E-state index in [1.54, 1.807) is 6.33 Å². The first-order valence-electron chi connectivity index (χ1n) is 7.98. The molecule has 4 nitrogen and oxygen atoms in total. The molecule has 2 atom stereocenters. The number of hydrogen-bond acceptors (Lipinski definition) is 3. The number of nitrogens with zero attached hydrogens (tertiary/aromatic N) is 3. The van der Waals surface area contributed by atoms with Crippen LogP contribution in [0.15, 0.2) is 6.33 Å². The molecule has 0 spiro atoms. The van der Waals surface area contributed by atoms with Crippen molar-refractivity contribution < 1.29 is 0 Å². The Labute approximate surface area is 123 Å². The van der Waals surface area contributed by atoms with Crippen LogP contribution in [0.1, 0.15) is 52.8 Å². The van der Waals surface area contributed by atoms with Crippen LogP contribution >= 0.6 is 0 Å². The fourth-order valence-electron chi connectivity index (χ4n) is 3.52. The van der Waals surface area contributed by atoms with Gasteiger partial charge in [0.15, 0.2) is 0 Å². The molecule has 0 bridgehead atoms. The lowest BCUT2D eigenvalue weighted by Gasteiger charge is -2.40. The molecule has 20 heavy (non-hydrogen) atoms. The summed E-state index contributed by atoms with van der Waals surface area (Å²) in [7, 11) is 0. The summed E-state index contributed by atoms with van der Waals surface area (Å²) in [6, 6.07) is 0. The molecular weight excluding hydrogens is 248 g/mol. The standard InChI is InChI=1S/C16H30N4/c1-12(2)10-20-15(18-11-19-20)7-14-8-16(3,4)6-5-13(14)9-17/h11-14H,5-10,17H2,1-4H3. The van der Waals surface area contributed by atoms with Crippen LogP contribution in [0.25, 0.3) is 0 Å². The summed E-state index contributed by atoms with van der Waals surface area (Å²) >= 11 is 0. The van der Waals surface area contributed by atoms with E-state index in [9.17, 15) is 0 Å². The van der Waals surface area contributed by atoms with Crippen LogP contribution in [0, 0.1) is 23.2 Å². The summed E-state index contributed by atoms with van der Waals surface area (Å²) in [4.78, 5) is 4.49. The maximum atomic E-state index is 5.99. The molecule has 0 aromatic carbocycles. The van der Waals surface area contributed by atoms with Gasteiger partial charge in [0, 0.05) is 13.0 Å². The lowest BCUT2D eigenvalue weighted by atomic mass is 9.66. The Morgan fingerprint density at radius 3 is 2.80 bits per heavy atom. The predicted molar refractivity (Wildman–Crippen MR) is 82.2 cm³/mol. The first kappa shape index (κ1) is 15.5. The zero-order chi connectivity index (χ0) is 14.8. The van der Waals surface area contributed by atoms with E-state index in [2.05, 4.69) is 42.5 Å². The fourth-order valence-corrected chi connectivity index (χ4v) is 3.52. The van der Waals surface area contributed by atoms with E-state index in [1.165, 1.54) is 19.3 Å². The van der Waals surface area contributed by atoms with Gasteiger partial charge in [-0.3, -0.25) is 0 Å². The van der Waals surface area contributed by atoms with E-state index in [4.69, 9.17) is 5.73 Å². The molecule has 1 aromatic rings. The maximum absolute atomic E-state index is 5.99. The highest BCUT2D eigenvalue weighted by atomic mass is 15.3. The molecule has 0 aliphatic heterocycles. The summed E-state index contributed by atoms with van der Waals surface area (Å²) < 4.78 is 2.08. The average molecular weight is 278 g/mol. The third-order valence-corrected chi connectivity index (χ3v) is 4.65. The van der Waals surface area contributed by atoms with Crippen LogP contribution in [-0.2, 0) is 13.0 Å². The topological polar surface area (TPSA) is 56.7 Å². The third kappa shape index (κ3) is 3.81. The number of aromatic nitrogens is 3. The van der Waals surface area contributed by atoms with Gasteiger partial charge in [-0.2, -0.15) is 5.10 Å². The van der Waals surface area contributed by atoms with Gasteiger partial charge in [0.2, 0.25) is 0 Å². The molecule has 2 unspecified atom stereocenters. The second kappa shape index (κ2) is 6.25. The molecule has 114 valence electrons. The summed E-state index contributed by atoms with van der Waals surface area (Å²) in [5, 5.41) is 4.38. The van der Waals surface area contributed by atoms with Crippen molar-refractivity contribution in [3.8, 4) is 0 Å². The van der Waals surface area contributed by atoms with Gasteiger partial charge in [0.1, 0.15) is 12.2 Å². The summed E-state index contributed by atoms with van der Waals surface area (Å²) in [5.41, 5.74) is 6.43. The second-order valence-corrected chi connectivity index (χ2v) is 7.62. The van der Waals surface area contributed by atoms with Crippen molar-refractivity contribution in [2.24, 2.45) is 28.9 Å². The molecule has 2 rings (SSSR count). The first-order valence-corrected chi connectivity index (χ1v) is 7.98. The Kier molecular flexibility index (Phi) is 4.84. The lowest BCUT2D eigenvalue weighted by Crippen LogP contribution is -2.35. The van der Waals surface area contributed by atoms with Crippen molar-refractivity contribution in [2.45, 2.75) is 59.9 Å². The van der Waals surface area contributed by atoms with Gasteiger partial charge < -0.3 is 5.73 Å². The molecule has 1 aliphatic rings. The van der Waals surface area contributed by atoms with Crippen LogP contribution in [0.4, 0.5) is 0 Å². The van der Waals surface area contributed by atoms with Crippen LogP contribution < -0.4 is 5.73 Å². The lowest BCUT2D eigenvalue weighted by molar-refractivity contribution is 0.119. The molecule has 2 N–H and O–H groups in total. The highest BCUT2D eigenvalue weighted by molar-refractivity contribution is 4.94. The Bertz CT molecular complexity index is 422. The minimum Gasteiger partial charge on any atom is -0.330 e. The molecule has 1 fully saturated rings. The van der Waals surface area contributed by atoms with Crippen molar-refractivity contribution >= 4 is 0 Å². The highest BCUT2D eigenvalue weighted by Gasteiger charge is 2.34. The number of nitrogens with two attached hydrogens (primary N) is 1. The van der Waals surface area contributed by atoms with E-state index in [-0.39, 0.29) is 0 Å². The van der Waals surface area contributed by atoms with E-state index >= 15 is 0 Å². The molecule has 1 aromatic heterocycles. The fraction of sp³-hybridized carbons (Fsp3) is 0.875. The molecular formula is C16H30N4. The number of rotatable bonds is 5. The highest BCUT2D eigenvalue weighted by Crippen LogP contribution is 2.42. The van der Waals surface area contributed by atoms with Gasteiger partial charge in [-0.1, -0.05) is 27.7 Å². The first-order chi connectivity index (χ1) is 9.41. The third-order valence-electron chi connectivity index (χ3n) is 4.65. The van der Waals surface area contributed by atoms with Gasteiger partial charge >= 0.3 is 0 Å². The summed E-state index contributed by atoms with van der Waals surface area (Å²) in [6.07, 6.45) is 6.53. The van der Waals surface area contributed by atoms with Crippen LogP contribution in [-0.4, -0.2) is 21.3 Å². The Morgan fingerprint density at radius 1 is 1.40 bits per heavy atom. The minimum absolute atomic E-state index is 0.444. The van der Waals surface area contributed by atoms with Gasteiger partial charge in [-0.15, -0.1) is 0 Å². The zero-order valence-electron chi connectivity index (χ0n) is 13.5. The normalized spacial score (nSPS) is 26.1. The minimum atomic E-state index is 0.444. The second-order valence-electron chi connectivity index (χ2n) is 7.62. The quantitative estimate of drug-likeness (QED) is 0.901. The van der Waals surface area contributed by atoms with Gasteiger partial charge in [-0.05, 0) is 49.0 Å². The predicted octanol–water partition coefficient (Wildman–Crippen LogP) is 2.88. The zero-order valence-corrected chi connectivity index (χ0v) is 13.5. The van der Waals surface area contributed by atoms with Crippen molar-refractivity contribution in [3.05, 3.63) is 12.2 Å². The van der Waals surface area contributed by atoms with Crippen molar-refractivity contribution in [2.75, 3.05) is 6.54 Å². The van der Waals surface area contributed by atoms with Crippen molar-refractivity contribution in [1.82, 2.24) is 14.8 Å². The van der Waals surface area contributed by atoms with Gasteiger partial charge in [-0.25, -0.2) is 9.67 Å². The molecule has 0 saturated heterocycles. The molecule has 0 amide bonds. The average Bonchev–Trinajstić information content (AvgIpc) is 2.75. The Balaban J connectivity index is 2.08. The molecule has 1 aliphatic carbocycles. The maximum Gasteiger partial charge on any atom is 0.138 e. The molecule has 1 saturated carbocycles. The summed E-state index contributed by atoms with van der Waals surface area (Å²) in [6.45, 7) is 11.0. The number of hydrogen-bond donors (Lipinski definition) is 1. The molecule has 1 heterocycles. The van der Waals surface area contributed by atoms with Crippen LogP contribution in [0.3, 0.4) is 0 Å². The van der Waals surface area contributed by atoms with Gasteiger partial charge in [0.25, 0.3) is 0 Å². The molecule has 0 radical (unpaired) electrons. The monoisotopic (exact) mass is 278 g/mol. The van der Waals surface area contributed by atoms with E-state index in [0.717, 1.165) is 25.3 Å². The largest absolute Gasteiger partial charge is 0.330 e. The van der Waals surface area contributed by atoms with Crippen LogP contribution in [0.2, 0.25) is 0 Å². The SMILES string of the molecule is CC(C)Cn1ncnc1CC1CC(C)(C)CCC1CN. The Hall–Kier alpha value is -0.900. The Morgan fingerprint density at radius 2 is 2.15 bits per heavy atom. The van der Waals surface area contributed by atoms with Crippen LogP contribution in [0.5, 0.6) is 0 Å². The summed E-state index contributed by atoms with van der Waals surface area (Å²) in [5.74, 6) is 3.04. The van der Waals surface area contributed by atoms with Gasteiger partial charge in [0.05, 0.1) is 0 Å². The van der Waals surface area contributed by atoms with E-state index < -0.39 is 0 Å². The molecule has 4 heteroatoms. The van der Waals surface area contributed by atoms with E-state index in [1.807, 2.05) is 0 Å².